The highest BCUT2D eigenvalue weighted by Gasteiger charge is 2.09. The van der Waals surface area contributed by atoms with E-state index in [1.54, 1.807) is 19.5 Å². The first-order valence-electron chi connectivity index (χ1n) is 6.72. The highest BCUT2D eigenvalue weighted by Crippen LogP contribution is 2.31. The Morgan fingerprint density at radius 1 is 1.10 bits per heavy atom. The van der Waals surface area contributed by atoms with E-state index >= 15 is 0 Å². The Labute approximate surface area is 119 Å². The number of hydrogen-bond donors (Lipinski definition) is 1. The van der Waals surface area contributed by atoms with Crippen LogP contribution < -0.4 is 15.2 Å². The summed E-state index contributed by atoms with van der Waals surface area (Å²) in [6, 6.07) is 9.87. The second kappa shape index (κ2) is 7.50. The van der Waals surface area contributed by atoms with Crippen molar-refractivity contribution in [3.05, 3.63) is 53.9 Å². The Morgan fingerprint density at radius 2 is 1.90 bits per heavy atom. The molecule has 1 heterocycles. The number of hydrogen-bond acceptors (Lipinski definition) is 4. The number of nitrogens with zero attached hydrogens (tertiary/aromatic N) is 1. The Morgan fingerprint density at radius 3 is 2.60 bits per heavy atom. The lowest BCUT2D eigenvalue weighted by molar-refractivity contribution is 0.294. The first kappa shape index (κ1) is 14.3. The number of benzene rings is 1. The van der Waals surface area contributed by atoms with Crippen LogP contribution in [-0.2, 0) is 12.8 Å². The van der Waals surface area contributed by atoms with Crippen LogP contribution in [0.2, 0.25) is 0 Å². The van der Waals surface area contributed by atoms with Gasteiger partial charge in [0.25, 0.3) is 0 Å². The Balaban J connectivity index is 2.04. The summed E-state index contributed by atoms with van der Waals surface area (Å²) in [5.74, 6) is 1.56. The lowest BCUT2D eigenvalue weighted by Gasteiger charge is -2.14. The van der Waals surface area contributed by atoms with Gasteiger partial charge in [-0.1, -0.05) is 12.1 Å². The number of aromatic nitrogens is 1. The molecule has 0 saturated heterocycles. The molecular weight excluding hydrogens is 252 g/mol. The largest absolute Gasteiger partial charge is 0.493 e. The van der Waals surface area contributed by atoms with Crippen molar-refractivity contribution in [2.45, 2.75) is 12.8 Å². The van der Waals surface area contributed by atoms with Gasteiger partial charge in [-0.2, -0.15) is 0 Å². The van der Waals surface area contributed by atoms with Gasteiger partial charge in [-0.3, -0.25) is 4.98 Å². The van der Waals surface area contributed by atoms with Gasteiger partial charge < -0.3 is 15.2 Å². The molecule has 0 aliphatic carbocycles. The van der Waals surface area contributed by atoms with E-state index in [0.717, 1.165) is 29.9 Å². The zero-order chi connectivity index (χ0) is 14.2. The van der Waals surface area contributed by atoms with Gasteiger partial charge in [0.1, 0.15) is 0 Å². The Kier molecular flexibility index (Phi) is 5.38. The molecule has 0 saturated carbocycles. The predicted molar refractivity (Wildman–Crippen MR) is 79.2 cm³/mol. The van der Waals surface area contributed by atoms with E-state index in [1.807, 2.05) is 30.3 Å². The van der Waals surface area contributed by atoms with Crippen LogP contribution in [-0.4, -0.2) is 25.2 Å². The normalized spacial score (nSPS) is 10.3. The molecule has 4 heteroatoms. The third kappa shape index (κ3) is 3.71. The summed E-state index contributed by atoms with van der Waals surface area (Å²) in [4.78, 5) is 4.00. The van der Waals surface area contributed by atoms with Crippen LogP contribution in [0.4, 0.5) is 0 Å². The van der Waals surface area contributed by atoms with Crippen LogP contribution in [0, 0.1) is 0 Å². The quantitative estimate of drug-likeness (QED) is 0.839. The van der Waals surface area contributed by atoms with Gasteiger partial charge in [-0.25, -0.2) is 0 Å². The summed E-state index contributed by atoms with van der Waals surface area (Å²) in [6.45, 7) is 1.19. The second-order valence-electron chi connectivity index (χ2n) is 4.44. The average Bonchev–Trinajstić information content (AvgIpc) is 2.50. The third-order valence-corrected chi connectivity index (χ3v) is 3.08. The maximum absolute atomic E-state index is 5.91. The van der Waals surface area contributed by atoms with E-state index in [0.29, 0.717) is 13.2 Å². The van der Waals surface area contributed by atoms with E-state index in [1.165, 1.54) is 5.56 Å². The first-order valence-corrected chi connectivity index (χ1v) is 6.72. The first-order chi connectivity index (χ1) is 9.85. The average molecular weight is 272 g/mol. The van der Waals surface area contributed by atoms with Crippen molar-refractivity contribution in [1.82, 2.24) is 4.98 Å². The Hall–Kier alpha value is -2.07. The molecule has 0 unspecified atom stereocenters. The van der Waals surface area contributed by atoms with Crippen molar-refractivity contribution in [2.24, 2.45) is 5.73 Å². The molecule has 20 heavy (non-hydrogen) atoms. The molecule has 1 aromatic carbocycles. The number of para-hydroxylation sites is 1. The van der Waals surface area contributed by atoms with E-state index in [2.05, 4.69) is 4.98 Å². The topological polar surface area (TPSA) is 57.4 Å². The molecule has 0 atom stereocenters. The van der Waals surface area contributed by atoms with Crippen molar-refractivity contribution in [2.75, 3.05) is 20.3 Å². The molecule has 0 aliphatic heterocycles. The molecule has 1 aromatic heterocycles. The van der Waals surface area contributed by atoms with Crippen molar-refractivity contribution >= 4 is 0 Å². The highest BCUT2D eigenvalue weighted by atomic mass is 16.5. The number of ether oxygens (including phenoxy) is 2. The summed E-state index contributed by atoms with van der Waals surface area (Å²) < 4.78 is 11.3. The molecule has 0 amide bonds. The monoisotopic (exact) mass is 272 g/mol. The zero-order valence-electron chi connectivity index (χ0n) is 11.7. The minimum absolute atomic E-state index is 0.591. The molecule has 0 fully saturated rings. The standard InChI is InChI=1S/C16H20N2O2/c1-19-15-4-2-3-14(5-9-17)16(15)20-12-8-13-6-10-18-11-7-13/h2-4,6-7,10-11H,5,8-9,12,17H2,1H3. The molecule has 0 spiro atoms. The molecule has 2 aromatic rings. The fourth-order valence-corrected chi connectivity index (χ4v) is 2.06. The molecule has 0 aliphatic rings. The van der Waals surface area contributed by atoms with Gasteiger partial charge in [0.15, 0.2) is 11.5 Å². The molecular formula is C16H20N2O2. The summed E-state index contributed by atoms with van der Waals surface area (Å²) in [7, 11) is 1.65. The van der Waals surface area contributed by atoms with E-state index in [9.17, 15) is 0 Å². The summed E-state index contributed by atoms with van der Waals surface area (Å²) in [5.41, 5.74) is 7.93. The number of nitrogens with two attached hydrogens (primary N) is 1. The van der Waals surface area contributed by atoms with Crippen LogP contribution in [0.15, 0.2) is 42.7 Å². The third-order valence-electron chi connectivity index (χ3n) is 3.08. The van der Waals surface area contributed by atoms with Gasteiger partial charge in [0.05, 0.1) is 13.7 Å². The minimum Gasteiger partial charge on any atom is -0.493 e. The molecule has 4 nitrogen and oxygen atoms in total. The summed E-state index contributed by atoms with van der Waals surface area (Å²) >= 11 is 0. The van der Waals surface area contributed by atoms with Crippen molar-refractivity contribution < 1.29 is 9.47 Å². The maximum Gasteiger partial charge on any atom is 0.164 e. The maximum atomic E-state index is 5.91. The van der Waals surface area contributed by atoms with Crippen LogP contribution >= 0.6 is 0 Å². The Bertz CT molecular complexity index is 529. The fraction of sp³-hybridized carbons (Fsp3) is 0.312. The molecule has 2 rings (SSSR count). The van der Waals surface area contributed by atoms with Gasteiger partial charge >= 0.3 is 0 Å². The predicted octanol–water partition coefficient (Wildman–Crippen LogP) is 2.21. The van der Waals surface area contributed by atoms with Crippen molar-refractivity contribution in [1.29, 1.82) is 0 Å². The van der Waals surface area contributed by atoms with Crippen molar-refractivity contribution in [3.63, 3.8) is 0 Å². The van der Waals surface area contributed by atoms with Crippen molar-refractivity contribution in [3.8, 4) is 11.5 Å². The molecule has 0 bridgehead atoms. The van der Waals surface area contributed by atoms with E-state index in [4.69, 9.17) is 15.2 Å². The smallest absolute Gasteiger partial charge is 0.164 e. The lowest BCUT2D eigenvalue weighted by atomic mass is 10.1. The van der Waals surface area contributed by atoms with Crippen LogP contribution in [0.3, 0.4) is 0 Å². The van der Waals surface area contributed by atoms with E-state index < -0.39 is 0 Å². The highest BCUT2D eigenvalue weighted by molar-refractivity contribution is 5.46. The van der Waals surface area contributed by atoms with Gasteiger partial charge in [0.2, 0.25) is 0 Å². The number of rotatable bonds is 7. The van der Waals surface area contributed by atoms with Crippen LogP contribution in [0.25, 0.3) is 0 Å². The fourth-order valence-electron chi connectivity index (χ4n) is 2.06. The number of methoxy groups -OCH3 is 1. The summed E-state index contributed by atoms with van der Waals surface area (Å²) in [6.07, 6.45) is 5.20. The second-order valence-corrected chi connectivity index (χ2v) is 4.44. The number of pyridine rings is 1. The summed E-state index contributed by atoms with van der Waals surface area (Å²) in [5, 5.41) is 0. The van der Waals surface area contributed by atoms with Crippen LogP contribution in [0.1, 0.15) is 11.1 Å². The zero-order valence-corrected chi connectivity index (χ0v) is 11.7. The minimum atomic E-state index is 0.591. The molecule has 106 valence electrons. The van der Waals surface area contributed by atoms with Gasteiger partial charge in [-0.05, 0) is 42.3 Å². The molecule has 0 radical (unpaired) electrons. The van der Waals surface area contributed by atoms with E-state index in [-0.39, 0.29) is 0 Å². The van der Waals surface area contributed by atoms with Crippen LogP contribution in [0.5, 0.6) is 11.5 Å². The lowest BCUT2D eigenvalue weighted by Crippen LogP contribution is -2.08. The SMILES string of the molecule is COc1cccc(CCN)c1OCCc1ccncc1. The van der Waals surface area contributed by atoms with Gasteiger partial charge in [0, 0.05) is 18.8 Å². The molecule has 2 N–H and O–H groups in total. The van der Waals surface area contributed by atoms with Gasteiger partial charge in [-0.15, -0.1) is 0 Å².